The summed E-state index contributed by atoms with van der Waals surface area (Å²) in [5.74, 6) is 0.632. The van der Waals surface area contributed by atoms with Crippen molar-refractivity contribution in [2.24, 2.45) is 0 Å². The van der Waals surface area contributed by atoms with Gasteiger partial charge in [0.25, 0.3) is 0 Å². The number of hydrogen-bond donors (Lipinski definition) is 0. The van der Waals surface area contributed by atoms with Crippen LogP contribution in [0.25, 0.3) is 0 Å². The quantitative estimate of drug-likeness (QED) is 0.395. The Morgan fingerprint density at radius 2 is 1.65 bits per heavy atom. The number of rotatable bonds is 6. The summed E-state index contributed by atoms with van der Waals surface area (Å²) in [6, 6.07) is 11.2. The van der Waals surface area contributed by atoms with Gasteiger partial charge in [-0.1, -0.05) is 23.7 Å². The zero-order chi connectivity index (χ0) is 22.8. The number of hydrogen-bond acceptors (Lipinski definition) is 4. The Labute approximate surface area is 187 Å². The smallest absolute Gasteiger partial charge is 0.416 e. The highest BCUT2D eigenvalue weighted by Gasteiger charge is 2.30. The second kappa shape index (κ2) is 9.28. The number of halogens is 4. The first-order valence-electron chi connectivity index (χ1n) is 9.44. The van der Waals surface area contributed by atoms with Gasteiger partial charge in [0.15, 0.2) is 0 Å². The van der Waals surface area contributed by atoms with E-state index in [1.54, 1.807) is 36.1 Å². The lowest BCUT2D eigenvalue weighted by Crippen LogP contribution is -2.37. The molecule has 31 heavy (non-hydrogen) atoms. The molecule has 0 aliphatic rings. The molecule has 0 unspecified atom stereocenters. The summed E-state index contributed by atoms with van der Waals surface area (Å²) in [7, 11) is 0. The summed E-state index contributed by atoms with van der Waals surface area (Å²) < 4.78 is 47.8. The molecule has 0 spiro atoms. The maximum atomic E-state index is 12.9. The molecule has 0 aliphatic carbocycles. The van der Waals surface area contributed by atoms with Crippen LogP contribution in [0, 0.1) is 6.92 Å². The lowest BCUT2D eigenvalue weighted by molar-refractivity contribution is -0.137. The molecule has 1 aromatic heterocycles. The number of aryl methyl sites for hydroxylation is 1. The number of anilines is 1. The van der Waals surface area contributed by atoms with Crippen molar-refractivity contribution in [2.75, 3.05) is 4.90 Å². The molecule has 0 aliphatic heterocycles. The van der Waals surface area contributed by atoms with Crippen LogP contribution in [-0.4, -0.2) is 16.3 Å². The molecule has 0 N–H and O–H groups in total. The average molecular weight is 469 g/mol. The first-order chi connectivity index (χ1) is 14.6. The van der Waals surface area contributed by atoms with Gasteiger partial charge in [-0.15, -0.1) is 0 Å². The summed E-state index contributed by atoms with van der Waals surface area (Å²) in [6.45, 7) is 5.61. The topological polar surface area (TPSA) is 42.4 Å². The number of alkyl halides is 3. The predicted octanol–water partition coefficient (Wildman–Crippen LogP) is 6.90. The van der Waals surface area contributed by atoms with Crippen LogP contribution in [-0.2, 0) is 17.4 Å². The molecule has 2 aromatic carbocycles. The summed E-state index contributed by atoms with van der Waals surface area (Å²) >= 11 is 7.49. The van der Waals surface area contributed by atoms with E-state index in [-0.39, 0.29) is 24.1 Å². The van der Waals surface area contributed by atoms with Crippen molar-refractivity contribution in [1.29, 1.82) is 0 Å². The second-order valence-corrected chi connectivity index (χ2v) is 8.32. The van der Waals surface area contributed by atoms with Crippen LogP contribution in [0.15, 0.2) is 48.5 Å². The molecule has 4 nitrogen and oxygen atoms in total. The van der Waals surface area contributed by atoms with Gasteiger partial charge in [0, 0.05) is 6.04 Å². The monoisotopic (exact) mass is 468 g/mol. The third kappa shape index (κ3) is 5.57. The van der Waals surface area contributed by atoms with Crippen LogP contribution in [0.3, 0.4) is 0 Å². The Morgan fingerprint density at radius 3 is 2.10 bits per heavy atom. The second-order valence-electron chi connectivity index (χ2n) is 7.19. The first-order valence-corrected chi connectivity index (χ1v) is 10.6. The molecule has 1 amide bonds. The molecular formula is C22H20ClF3N2O2S. The average Bonchev–Trinajstić information content (AvgIpc) is 3.02. The van der Waals surface area contributed by atoms with E-state index in [1.807, 2.05) is 13.8 Å². The normalized spacial score (nSPS) is 11.6. The molecule has 0 fully saturated rings. The minimum absolute atomic E-state index is 0.0906. The largest absolute Gasteiger partial charge is 0.457 e. The number of benzene rings is 2. The molecule has 0 bridgehead atoms. The summed E-state index contributed by atoms with van der Waals surface area (Å²) in [5, 5.41) is 1.11. The van der Waals surface area contributed by atoms with E-state index in [2.05, 4.69) is 4.37 Å². The van der Waals surface area contributed by atoms with Gasteiger partial charge >= 0.3 is 6.18 Å². The Hall–Kier alpha value is -2.58. The van der Waals surface area contributed by atoms with E-state index in [9.17, 15) is 18.0 Å². The molecule has 0 saturated heterocycles. The fourth-order valence-electron chi connectivity index (χ4n) is 2.92. The molecule has 164 valence electrons. The highest BCUT2D eigenvalue weighted by molar-refractivity contribution is 7.11. The number of aromatic nitrogens is 1. The Kier molecular flexibility index (Phi) is 6.91. The Morgan fingerprint density at radius 1 is 1.10 bits per heavy atom. The van der Waals surface area contributed by atoms with Gasteiger partial charge in [0.2, 0.25) is 5.91 Å². The van der Waals surface area contributed by atoms with E-state index in [0.29, 0.717) is 21.5 Å². The van der Waals surface area contributed by atoms with Crippen molar-refractivity contribution in [2.45, 2.75) is 39.4 Å². The molecular weight excluding hydrogens is 449 g/mol. The minimum Gasteiger partial charge on any atom is -0.457 e. The molecule has 3 aromatic rings. The molecule has 9 heteroatoms. The van der Waals surface area contributed by atoms with Gasteiger partial charge in [-0.3, -0.25) is 9.69 Å². The predicted molar refractivity (Wildman–Crippen MR) is 116 cm³/mol. The van der Waals surface area contributed by atoms with E-state index >= 15 is 0 Å². The molecule has 1 heterocycles. The van der Waals surface area contributed by atoms with Gasteiger partial charge in [0.1, 0.15) is 16.5 Å². The summed E-state index contributed by atoms with van der Waals surface area (Å²) in [6.07, 6.45) is -4.23. The fraction of sp³-hybridized carbons (Fsp3) is 0.273. The Balaban J connectivity index is 1.68. The summed E-state index contributed by atoms with van der Waals surface area (Å²) in [5.41, 5.74) is 0.720. The van der Waals surface area contributed by atoms with Gasteiger partial charge in [-0.2, -0.15) is 17.5 Å². The van der Waals surface area contributed by atoms with Crippen LogP contribution in [0.1, 0.15) is 30.7 Å². The maximum Gasteiger partial charge on any atom is 0.416 e. The number of nitrogens with zero attached hydrogens (tertiary/aromatic N) is 2. The van der Waals surface area contributed by atoms with Crippen molar-refractivity contribution in [1.82, 2.24) is 4.37 Å². The van der Waals surface area contributed by atoms with E-state index in [1.165, 1.54) is 23.7 Å². The number of carbonyl (C=O) groups is 1. The summed E-state index contributed by atoms with van der Waals surface area (Å²) in [4.78, 5) is 14.6. The highest BCUT2D eigenvalue weighted by Crippen LogP contribution is 2.35. The number of ether oxygens (including phenoxy) is 1. The SMILES string of the molecule is Cc1nsc(N(C(=O)Cc2ccc(Oc3ccc(C(F)(F)F)cc3)cc2)C(C)C)c1Cl. The van der Waals surface area contributed by atoms with Crippen LogP contribution >= 0.6 is 23.1 Å². The first kappa shape index (κ1) is 23.1. The number of carbonyl (C=O) groups excluding carboxylic acids is 1. The third-order valence-electron chi connectivity index (χ3n) is 4.47. The van der Waals surface area contributed by atoms with E-state index in [4.69, 9.17) is 16.3 Å². The van der Waals surface area contributed by atoms with Crippen LogP contribution in [0.4, 0.5) is 18.2 Å². The number of amides is 1. The van der Waals surface area contributed by atoms with Crippen molar-refractivity contribution in [3.63, 3.8) is 0 Å². The van der Waals surface area contributed by atoms with Gasteiger partial charge in [-0.05, 0) is 74.3 Å². The van der Waals surface area contributed by atoms with Gasteiger partial charge in [-0.25, -0.2) is 0 Å². The van der Waals surface area contributed by atoms with Crippen LogP contribution in [0.2, 0.25) is 5.02 Å². The van der Waals surface area contributed by atoms with Crippen molar-refractivity contribution >= 4 is 34.0 Å². The molecule has 0 radical (unpaired) electrons. The lowest BCUT2D eigenvalue weighted by Gasteiger charge is -2.25. The van der Waals surface area contributed by atoms with Gasteiger partial charge in [0.05, 0.1) is 22.7 Å². The van der Waals surface area contributed by atoms with Gasteiger partial charge < -0.3 is 4.74 Å². The molecule has 0 saturated carbocycles. The lowest BCUT2D eigenvalue weighted by atomic mass is 10.1. The minimum atomic E-state index is -4.39. The Bertz CT molecular complexity index is 1050. The van der Waals surface area contributed by atoms with E-state index in [0.717, 1.165) is 17.7 Å². The van der Waals surface area contributed by atoms with Crippen molar-refractivity contribution < 1.29 is 22.7 Å². The highest BCUT2D eigenvalue weighted by atomic mass is 35.5. The zero-order valence-corrected chi connectivity index (χ0v) is 18.6. The van der Waals surface area contributed by atoms with Crippen molar-refractivity contribution in [3.8, 4) is 11.5 Å². The van der Waals surface area contributed by atoms with Crippen LogP contribution in [0.5, 0.6) is 11.5 Å². The standard InChI is InChI=1S/C22H20ClF3N2O2S/c1-13(2)28(21-20(23)14(3)27-31-21)19(29)12-15-4-8-17(9-5-15)30-18-10-6-16(7-11-18)22(24,25)26/h4-11,13H,12H2,1-3H3. The van der Waals surface area contributed by atoms with Crippen LogP contribution < -0.4 is 9.64 Å². The van der Waals surface area contributed by atoms with Crippen molar-refractivity contribution in [3.05, 3.63) is 70.4 Å². The fourth-order valence-corrected chi connectivity index (χ4v) is 4.15. The third-order valence-corrected chi connectivity index (χ3v) is 5.98. The molecule has 0 atom stereocenters. The zero-order valence-electron chi connectivity index (χ0n) is 17.0. The van der Waals surface area contributed by atoms with E-state index < -0.39 is 11.7 Å². The maximum absolute atomic E-state index is 12.9. The molecule has 3 rings (SSSR count).